The molecule has 0 aliphatic carbocycles. The average molecular weight is 372 g/mol. The van der Waals surface area contributed by atoms with E-state index in [0.717, 1.165) is 26.9 Å². The first-order valence-corrected chi connectivity index (χ1v) is 9.04. The number of nitrogens with one attached hydrogen (secondary N) is 1. The number of aromatic nitrogens is 2. The average Bonchev–Trinajstić information content (AvgIpc) is 2.88. The molecule has 0 spiro atoms. The van der Waals surface area contributed by atoms with E-state index in [9.17, 15) is 4.79 Å². The molecule has 0 aliphatic rings. The Labute approximate surface area is 156 Å². The molecule has 0 unspecified atom stereocenters. The van der Waals surface area contributed by atoms with Gasteiger partial charge in [0.15, 0.2) is 0 Å². The number of hydrogen-bond acceptors (Lipinski definition) is 3. The Balaban J connectivity index is 1.73. The van der Waals surface area contributed by atoms with E-state index in [-0.39, 0.29) is 12.5 Å². The van der Waals surface area contributed by atoms with Crippen LogP contribution in [0.15, 0.2) is 64.4 Å². The summed E-state index contributed by atoms with van der Waals surface area (Å²) in [7, 11) is 0. The lowest BCUT2D eigenvalue weighted by molar-refractivity contribution is -0.116. The van der Waals surface area contributed by atoms with Crippen molar-refractivity contribution in [1.29, 1.82) is 0 Å². The second kappa shape index (κ2) is 7.76. The van der Waals surface area contributed by atoms with Crippen LogP contribution in [-0.4, -0.2) is 15.7 Å². The second-order valence-electron chi connectivity index (χ2n) is 5.69. The molecule has 1 amide bonds. The molecule has 4 nitrogen and oxygen atoms in total. The number of anilines is 1. The molecule has 6 heteroatoms. The van der Waals surface area contributed by atoms with Crippen LogP contribution in [0.3, 0.4) is 0 Å². The highest BCUT2D eigenvalue weighted by atomic mass is 35.5. The van der Waals surface area contributed by atoms with Gasteiger partial charge in [0, 0.05) is 20.5 Å². The van der Waals surface area contributed by atoms with Gasteiger partial charge in [0.2, 0.25) is 5.91 Å². The second-order valence-corrected chi connectivity index (χ2v) is 7.24. The van der Waals surface area contributed by atoms with Gasteiger partial charge in [-0.15, -0.1) is 0 Å². The lowest BCUT2D eigenvalue weighted by Gasteiger charge is -2.11. The number of carbonyl (C=O) groups is 1. The predicted molar refractivity (Wildman–Crippen MR) is 102 cm³/mol. The number of halogens is 1. The van der Waals surface area contributed by atoms with Crippen LogP contribution in [0.1, 0.15) is 11.4 Å². The van der Waals surface area contributed by atoms with E-state index in [4.69, 9.17) is 11.6 Å². The van der Waals surface area contributed by atoms with Crippen molar-refractivity contribution in [1.82, 2.24) is 9.78 Å². The van der Waals surface area contributed by atoms with Gasteiger partial charge < -0.3 is 5.32 Å². The van der Waals surface area contributed by atoms with Crippen molar-refractivity contribution >= 4 is 35.0 Å². The Kier molecular flexibility index (Phi) is 5.46. The summed E-state index contributed by atoms with van der Waals surface area (Å²) >= 11 is 7.51. The quantitative estimate of drug-likeness (QED) is 0.690. The van der Waals surface area contributed by atoms with E-state index in [2.05, 4.69) is 10.4 Å². The van der Waals surface area contributed by atoms with E-state index < -0.39 is 0 Å². The van der Waals surface area contributed by atoms with Crippen molar-refractivity contribution in [2.75, 3.05) is 5.32 Å². The molecular formula is C19H18ClN3OS. The Bertz CT molecular complexity index is 890. The summed E-state index contributed by atoms with van der Waals surface area (Å²) in [6.45, 7) is 4.05. The summed E-state index contributed by atoms with van der Waals surface area (Å²) in [5.41, 5.74) is 2.66. The summed E-state index contributed by atoms with van der Waals surface area (Å²) in [4.78, 5) is 14.4. The van der Waals surface area contributed by atoms with E-state index in [1.807, 2.05) is 68.4 Å². The molecule has 1 heterocycles. The van der Waals surface area contributed by atoms with Crippen LogP contribution in [0.4, 0.5) is 5.69 Å². The molecule has 1 N–H and O–H groups in total. The minimum absolute atomic E-state index is 0.102. The molecule has 0 atom stereocenters. The van der Waals surface area contributed by atoms with Crippen molar-refractivity contribution in [2.24, 2.45) is 0 Å². The summed E-state index contributed by atoms with van der Waals surface area (Å²) in [6, 6.07) is 17.3. The molecule has 0 fully saturated rings. The minimum atomic E-state index is -0.102. The summed E-state index contributed by atoms with van der Waals surface area (Å²) < 4.78 is 1.71. The van der Waals surface area contributed by atoms with Gasteiger partial charge in [0.1, 0.15) is 6.54 Å². The number of hydrogen-bond donors (Lipinski definition) is 1. The zero-order chi connectivity index (χ0) is 17.8. The summed E-state index contributed by atoms with van der Waals surface area (Å²) in [5.74, 6) is -0.102. The minimum Gasteiger partial charge on any atom is -0.323 e. The lowest BCUT2D eigenvalue weighted by atomic mass is 10.3. The topological polar surface area (TPSA) is 46.9 Å². The maximum atomic E-state index is 12.4. The molecule has 0 saturated carbocycles. The fourth-order valence-corrected chi connectivity index (χ4v) is 3.48. The fraction of sp³-hybridized carbons (Fsp3) is 0.158. The van der Waals surface area contributed by atoms with Crippen molar-refractivity contribution in [3.05, 3.63) is 71.0 Å². The zero-order valence-corrected chi connectivity index (χ0v) is 15.6. The first kappa shape index (κ1) is 17.6. The van der Waals surface area contributed by atoms with E-state index in [1.54, 1.807) is 16.4 Å². The highest BCUT2D eigenvalue weighted by Crippen LogP contribution is 2.33. The van der Waals surface area contributed by atoms with Crippen LogP contribution in [0.5, 0.6) is 0 Å². The third-order valence-electron chi connectivity index (χ3n) is 3.60. The van der Waals surface area contributed by atoms with Crippen molar-refractivity contribution in [3.8, 4) is 0 Å². The molecule has 25 heavy (non-hydrogen) atoms. The van der Waals surface area contributed by atoms with Gasteiger partial charge in [-0.25, -0.2) is 0 Å². The van der Waals surface area contributed by atoms with Crippen molar-refractivity contribution < 1.29 is 4.79 Å². The monoisotopic (exact) mass is 371 g/mol. The molecule has 1 aromatic heterocycles. The Hall–Kier alpha value is -2.24. The molecule has 3 aromatic rings. The third kappa shape index (κ3) is 4.65. The smallest absolute Gasteiger partial charge is 0.246 e. The SMILES string of the molecule is Cc1cc(C)n(CC(=O)Nc2ccccc2Sc2ccc(Cl)cc2)n1. The number of rotatable bonds is 5. The number of carbonyl (C=O) groups excluding carboxylic acids is 1. The normalized spacial score (nSPS) is 10.7. The Morgan fingerprint density at radius 3 is 2.56 bits per heavy atom. The summed E-state index contributed by atoms with van der Waals surface area (Å²) in [5, 5.41) is 8.01. The zero-order valence-electron chi connectivity index (χ0n) is 14.0. The molecule has 3 rings (SSSR count). The van der Waals surface area contributed by atoms with Crippen LogP contribution in [0.25, 0.3) is 0 Å². The van der Waals surface area contributed by atoms with Gasteiger partial charge in [-0.2, -0.15) is 5.10 Å². The first-order chi connectivity index (χ1) is 12.0. The van der Waals surface area contributed by atoms with E-state index in [0.29, 0.717) is 5.02 Å². The largest absolute Gasteiger partial charge is 0.323 e. The van der Waals surface area contributed by atoms with Crippen LogP contribution < -0.4 is 5.32 Å². The number of nitrogens with zero attached hydrogens (tertiary/aromatic N) is 2. The van der Waals surface area contributed by atoms with Crippen molar-refractivity contribution in [2.45, 2.75) is 30.2 Å². The van der Waals surface area contributed by atoms with E-state index in [1.165, 1.54) is 0 Å². The van der Waals surface area contributed by atoms with Crippen LogP contribution in [0.2, 0.25) is 5.02 Å². The maximum absolute atomic E-state index is 12.4. The van der Waals surface area contributed by atoms with E-state index >= 15 is 0 Å². The maximum Gasteiger partial charge on any atom is 0.246 e. The van der Waals surface area contributed by atoms with Crippen LogP contribution >= 0.6 is 23.4 Å². The molecular weight excluding hydrogens is 354 g/mol. The molecule has 0 aliphatic heterocycles. The van der Waals surface area contributed by atoms with Gasteiger partial charge in [-0.1, -0.05) is 35.5 Å². The third-order valence-corrected chi connectivity index (χ3v) is 4.94. The molecule has 128 valence electrons. The van der Waals surface area contributed by atoms with Gasteiger partial charge in [-0.05, 0) is 56.3 Å². The number of benzene rings is 2. The number of aryl methyl sites for hydroxylation is 2. The van der Waals surface area contributed by atoms with Gasteiger partial charge in [0.05, 0.1) is 11.4 Å². The lowest BCUT2D eigenvalue weighted by Crippen LogP contribution is -2.20. The standard InChI is InChI=1S/C19H18ClN3OS/c1-13-11-14(2)23(22-13)12-19(24)21-17-5-3-4-6-18(17)25-16-9-7-15(20)8-10-16/h3-11H,12H2,1-2H3,(H,21,24). The fourth-order valence-electron chi connectivity index (χ4n) is 2.45. The Morgan fingerprint density at radius 2 is 1.88 bits per heavy atom. The Morgan fingerprint density at radius 1 is 1.16 bits per heavy atom. The summed E-state index contributed by atoms with van der Waals surface area (Å²) in [6.07, 6.45) is 0. The van der Waals surface area contributed by atoms with Gasteiger partial charge in [-0.3, -0.25) is 9.48 Å². The predicted octanol–water partition coefficient (Wildman–Crippen LogP) is 4.94. The highest BCUT2D eigenvalue weighted by Gasteiger charge is 2.10. The van der Waals surface area contributed by atoms with Crippen LogP contribution in [0, 0.1) is 13.8 Å². The highest BCUT2D eigenvalue weighted by molar-refractivity contribution is 7.99. The van der Waals surface area contributed by atoms with Gasteiger partial charge >= 0.3 is 0 Å². The molecule has 0 radical (unpaired) electrons. The van der Waals surface area contributed by atoms with Crippen LogP contribution in [-0.2, 0) is 11.3 Å². The molecule has 0 bridgehead atoms. The number of para-hydroxylation sites is 1. The molecule has 0 saturated heterocycles. The number of amides is 1. The van der Waals surface area contributed by atoms with Crippen molar-refractivity contribution in [3.63, 3.8) is 0 Å². The first-order valence-electron chi connectivity index (χ1n) is 7.84. The molecule has 2 aromatic carbocycles. The van der Waals surface area contributed by atoms with Gasteiger partial charge in [0.25, 0.3) is 0 Å².